The zero-order chi connectivity index (χ0) is 13.0. The molecule has 0 radical (unpaired) electrons. The van der Waals surface area contributed by atoms with Gasteiger partial charge in [-0.2, -0.15) is 0 Å². The van der Waals surface area contributed by atoms with Crippen molar-refractivity contribution in [3.8, 4) is 0 Å². The largest absolute Gasteiger partial charge is 0.396 e. The minimum Gasteiger partial charge on any atom is -0.396 e. The van der Waals surface area contributed by atoms with E-state index >= 15 is 0 Å². The fourth-order valence-electron chi connectivity index (χ4n) is 2.16. The van der Waals surface area contributed by atoms with Gasteiger partial charge in [0.15, 0.2) is 0 Å². The zero-order valence-electron chi connectivity index (χ0n) is 10.7. The zero-order valence-corrected chi connectivity index (χ0v) is 11.5. The summed E-state index contributed by atoms with van der Waals surface area (Å²) in [5.74, 6) is 1.20. The molecule has 0 aromatic heterocycles. The molecule has 1 heterocycles. The number of carbonyl (C=O) groups is 1. The van der Waals surface area contributed by atoms with Crippen LogP contribution in [-0.4, -0.2) is 35.3 Å². The lowest BCUT2D eigenvalue weighted by molar-refractivity contribution is -0.131. The van der Waals surface area contributed by atoms with E-state index in [-0.39, 0.29) is 18.9 Å². The Morgan fingerprint density at radius 3 is 3.11 bits per heavy atom. The van der Waals surface area contributed by atoms with Crippen molar-refractivity contribution in [2.45, 2.75) is 30.7 Å². The molecule has 0 saturated heterocycles. The van der Waals surface area contributed by atoms with Gasteiger partial charge in [0.2, 0.25) is 5.91 Å². The molecule has 0 unspecified atom stereocenters. The number of benzene rings is 1. The predicted octanol–water partition coefficient (Wildman–Crippen LogP) is 2.07. The van der Waals surface area contributed by atoms with E-state index < -0.39 is 0 Å². The highest BCUT2D eigenvalue weighted by Crippen LogP contribution is 2.30. The number of carbonyl (C=O) groups excluding carboxylic acids is 1. The third kappa shape index (κ3) is 3.27. The summed E-state index contributed by atoms with van der Waals surface area (Å²) in [5.41, 5.74) is 2.58. The summed E-state index contributed by atoms with van der Waals surface area (Å²) in [6, 6.07) is 6.48. The standard InChI is InChI=1S/C14H19NO2S/c1-15(14(17)6-7-16)10-11-4-5-13-12(9-11)3-2-8-18-13/h4-5,9,16H,2-3,6-8,10H2,1H3. The lowest BCUT2D eigenvalue weighted by Crippen LogP contribution is -2.26. The highest BCUT2D eigenvalue weighted by atomic mass is 32.2. The van der Waals surface area contributed by atoms with Crippen LogP contribution in [0.4, 0.5) is 0 Å². The Morgan fingerprint density at radius 1 is 1.50 bits per heavy atom. The topological polar surface area (TPSA) is 40.5 Å². The summed E-state index contributed by atoms with van der Waals surface area (Å²) in [4.78, 5) is 14.7. The van der Waals surface area contributed by atoms with Crippen molar-refractivity contribution in [1.29, 1.82) is 0 Å². The van der Waals surface area contributed by atoms with E-state index in [1.807, 2.05) is 11.8 Å². The van der Waals surface area contributed by atoms with Gasteiger partial charge in [-0.1, -0.05) is 12.1 Å². The van der Waals surface area contributed by atoms with Gasteiger partial charge in [-0.15, -0.1) is 11.8 Å². The van der Waals surface area contributed by atoms with E-state index in [1.54, 1.807) is 11.9 Å². The smallest absolute Gasteiger partial charge is 0.224 e. The summed E-state index contributed by atoms with van der Waals surface area (Å²) in [5, 5.41) is 8.76. The number of fused-ring (bicyclic) bond motifs is 1. The number of amides is 1. The lowest BCUT2D eigenvalue weighted by atomic mass is 10.1. The number of nitrogens with zero attached hydrogens (tertiary/aromatic N) is 1. The normalized spacial score (nSPS) is 14.1. The van der Waals surface area contributed by atoms with Crippen LogP contribution < -0.4 is 0 Å². The fraction of sp³-hybridized carbons (Fsp3) is 0.500. The van der Waals surface area contributed by atoms with E-state index in [4.69, 9.17) is 5.11 Å². The highest BCUT2D eigenvalue weighted by molar-refractivity contribution is 7.99. The molecule has 2 rings (SSSR count). The first-order valence-corrected chi connectivity index (χ1v) is 7.28. The first-order valence-electron chi connectivity index (χ1n) is 6.30. The van der Waals surface area contributed by atoms with Crippen molar-refractivity contribution in [3.63, 3.8) is 0 Å². The van der Waals surface area contributed by atoms with Gasteiger partial charge < -0.3 is 10.0 Å². The van der Waals surface area contributed by atoms with Gasteiger partial charge in [0, 0.05) is 24.9 Å². The molecule has 1 aromatic carbocycles. The van der Waals surface area contributed by atoms with E-state index in [9.17, 15) is 4.79 Å². The van der Waals surface area contributed by atoms with Gasteiger partial charge in [0.25, 0.3) is 0 Å². The maximum absolute atomic E-state index is 11.6. The maximum atomic E-state index is 11.6. The Balaban J connectivity index is 2.03. The Kier molecular flexibility index (Phi) is 4.66. The van der Waals surface area contributed by atoms with Crippen LogP contribution in [0.1, 0.15) is 24.0 Å². The summed E-state index contributed by atoms with van der Waals surface area (Å²) >= 11 is 1.92. The predicted molar refractivity (Wildman–Crippen MR) is 73.7 cm³/mol. The van der Waals surface area contributed by atoms with Crippen molar-refractivity contribution in [3.05, 3.63) is 29.3 Å². The molecule has 1 N–H and O–H groups in total. The van der Waals surface area contributed by atoms with Crippen LogP contribution in [0.25, 0.3) is 0 Å². The monoisotopic (exact) mass is 265 g/mol. The van der Waals surface area contributed by atoms with Crippen LogP contribution >= 0.6 is 11.8 Å². The van der Waals surface area contributed by atoms with Crippen molar-refractivity contribution in [2.24, 2.45) is 0 Å². The Morgan fingerprint density at radius 2 is 2.33 bits per heavy atom. The Bertz CT molecular complexity index is 434. The average molecular weight is 265 g/mol. The molecular weight excluding hydrogens is 246 g/mol. The second-order valence-corrected chi connectivity index (χ2v) is 5.75. The van der Waals surface area contributed by atoms with Crippen LogP contribution in [0.5, 0.6) is 0 Å². The molecule has 1 amide bonds. The molecule has 0 aliphatic carbocycles. The molecule has 0 atom stereocenters. The summed E-state index contributed by atoms with van der Waals surface area (Å²) in [6.45, 7) is 0.542. The number of hydrogen-bond donors (Lipinski definition) is 1. The van der Waals surface area contributed by atoms with Gasteiger partial charge in [-0.3, -0.25) is 4.79 Å². The first kappa shape index (κ1) is 13.4. The lowest BCUT2D eigenvalue weighted by Gasteiger charge is -2.20. The molecular formula is C14H19NO2S. The van der Waals surface area contributed by atoms with Crippen LogP contribution in [0.3, 0.4) is 0 Å². The highest BCUT2D eigenvalue weighted by Gasteiger charge is 2.12. The minimum absolute atomic E-state index is 0.00963. The summed E-state index contributed by atoms with van der Waals surface area (Å²) < 4.78 is 0. The second kappa shape index (κ2) is 6.25. The Hall–Kier alpha value is -1.00. The number of aliphatic hydroxyl groups excluding tert-OH is 1. The quantitative estimate of drug-likeness (QED) is 0.906. The molecule has 4 heteroatoms. The van der Waals surface area contributed by atoms with Crippen molar-refractivity contribution >= 4 is 17.7 Å². The number of aryl methyl sites for hydroxylation is 1. The molecule has 98 valence electrons. The van der Waals surface area contributed by atoms with E-state index in [0.29, 0.717) is 6.54 Å². The van der Waals surface area contributed by atoms with Crippen molar-refractivity contribution < 1.29 is 9.90 Å². The molecule has 1 aliphatic heterocycles. The molecule has 0 bridgehead atoms. The van der Waals surface area contributed by atoms with Gasteiger partial charge >= 0.3 is 0 Å². The fourth-order valence-corrected chi connectivity index (χ4v) is 3.18. The van der Waals surface area contributed by atoms with Gasteiger partial charge in [0.1, 0.15) is 0 Å². The maximum Gasteiger partial charge on any atom is 0.224 e. The first-order chi connectivity index (χ1) is 8.70. The Labute approximate surface area is 112 Å². The molecule has 1 aliphatic rings. The number of aliphatic hydroxyl groups is 1. The van der Waals surface area contributed by atoms with E-state index in [2.05, 4.69) is 18.2 Å². The third-order valence-corrected chi connectivity index (χ3v) is 4.35. The molecule has 0 fully saturated rings. The van der Waals surface area contributed by atoms with Crippen molar-refractivity contribution in [1.82, 2.24) is 4.90 Å². The number of rotatable bonds is 4. The van der Waals surface area contributed by atoms with E-state index in [0.717, 1.165) is 6.42 Å². The number of hydrogen-bond acceptors (Lipinski definition) is 3. The van der Waals surface area contributed by atoms with Crippen molar-refractivity contribution in [2.75, 3.05) is 19.4 Å². The van der Waals surface area contributed by atoms with Gasteiger partial charge in [-0.05, 0) is 35.8 Å². The molecule has 0 saturated carbocycles. The minimum atomic E-state index is -0.0794. The molecule has 18 heavy (non-hydrogen) atoms. The molecule has 3 nitrogen and oxygen atoms in total. The summed E-state index contributed by atoms with van der Waals surface area (Å²) in [7, 11) is 1.78. The van der Waals surface area contributed by atoms with Crippen LogP contribution in [0, 0.1) is 0 Å². The third-order valence-electron chi connectivity index (χ3n) is 3.14. The van der Waals surface area contributed by atoms with Crippen LogP contribution in [0.2, 0.25) is 0 Å². The second-order valence-electron chi connectivity index (χ2n) is 4.62. The summed E-state index contributed by atoms with van der Waals surface area (Å²) in [6.07, 6.45) is 2.59. The van der Waals surface area contributed by atoms with Crippen LogP contribution in [-0.2, 0) is 17.8 Å². The SMILES string of the molecule is CN(Cc1ccc2c(c1)CCCS2)C(=O)CCO. The van der Waals surface area contributed by atoms with Gasteiger partial charge in [-0.25, -0.2) is 0 Å². The van der Waals surface area contributed by atoms with Gasteiger partial charge in [0.05, 0.1) is 6.61 Å². The average Bonchev–Trinajstić information content (AvgIpc) is 2.39. The van der Waals surface area contributed by atoms with Crippen LogP contribution in [0.15, 0.2) is 23.1 Å². The number of thioether (sulfide) groups is 1. The van der Waals surface area contributed by atoms with E-state index in [1.165, 1.54) is 28.2 Å². The molecule has 1 aromatic rings. The molecule has 0 spiro atoms.